The molecule has 0 unspecified atom stereocenters. The van der Waals surface area contributed by atoms with Gasteiger partial charge in [-0.15, -0.1) is 0 Å². The van der Waals surface area contributed by atoms with E-state index in [0.717, 1.165) is 5.69 Å². The highest BCUT2D eigenvalue weighted by Crippen LogP contribution is 2.21. The van der Waals surface area contributed by atoms with Crippen molar-refractivity contribution in [3.63, 3.8) is 0 Å². The Morgan fingerprint density at radius 2 is 2.11 bits per heavy atom. The first-order chi connectivity index (χ1) is 8.74. The van der Waals surface area contributed by atoms with E-state index in [2.05, 4.69) is 15.3 Å². The Labute approximate surface area is 113 Å². The molecule has 0 spiro atoms. The Morgan fingerprint density at radius 3 is 2.58 bits per heavy atom. The number of nitrogens with zero attached hydrogens (tertiary/aromatic N) is 2. The van der Waals surface area contributed by atoms with Crippen LogP contribution in [0.2, 0.25) is 0 Å². The van der Waals surface area contributed by atoms with E-state index in [4.69, 9.17) is 9.84 Å². The van der Waals surface area contributed by atoms with Crippen LogP contribution in [0.5, 0.6) is 0 Å². The number of nitrogens with one attached hydrogen (secondary N) is 1. The van der Waals surface area contributed by atoms with Gasteiger partial charge in [0.15, 0.2) is 0 Å². The highest BCUT2D eigenvalue weighted by Gasteiger charge is 2.20. The lowest BCUT2D eigenvalue weighted by molar-refractivity contribution is -0.137. The summed E-state index contributed by atoms with van der Waals surface area (Å²) in [5.74, 6) is 0.230. The lowest BCUT2D eigenvalue weighted by Crippen LogP contribution is -2.27. The van der Waals surface area contributed by atoms with Crippen LogP contribution in [0.3, 0.4) is 0 Å². The summed E-state index contributed by atoms with van der Waals surface area (Å²) in [7, 11) is 1.59. The van der Waals surface area contributed by atoms with Gasteiger partial charge in [0.05, 0.1) is 12.3 Å². The third-order valence-electron chi connectivity index (χ3n) is 2.48. The van der Waals surface area contributed by atoms with Crippen LogP contribution >= 0.6 is 0 Å². The molecule has 1 rings (SSSR count). The molecule has 0 bridgehead atoms. The number of anilines is 1. The van der Waals surface area contributed by atoms with Gasteiger partial charge in [0.2, 0.25) is 0 Å². The summed E-state index contributed by atoms with van der Waals surface area (Å²) in [6, 6.07) is 0.996. The second kappa shape index (κ2) is 5.97. The van der Waals surface area contributed by atoms with Crippen LogP contribution < -0.4 is 5.32 Å². The first kappa shape index (κ1) is 15.4. The van der Waals surface area contributed by atoms with Crippen LogP contribution in [-0.2, 0) is 21.6 Å². The summed E-state index contributed by atoms with van der Waals surface area (Å²) < 4.78 is 5.07. The van der Waals surface area contributed by atoms with E-state index in [1.807, 2.05) is 20.8 Å². The van der Waals surface area contributed by atoms with Crippen LogP contribution in [0.4, 0.5) is 5.82 Å². The number of aromatic nitrogens is 2. The maximum Gasteiger partial charge on any atom is 0.325 e. The lowest BCUT2D eigenvalue weighted by Gasteiger charge is -2.19. The summed E-state index contributed by atoms with van der Waals surface area (Å²) in [5, 5.41) is 11.8. The van der Waals surface area contributed by atoms with Crippen molar-refractivity contribution in [2.75, 3.05) is 12.4 Å². The number of carbonyl (C=O) groups is 1. The number of aliphatic carboxylic acids is 1. The smallest absolute Gasteiger partial charge is 0.325 e. The third kappa shape index (κ3) is 4.48. The minimum absolute atomic E-state index is 0.216. The van der Waals surface area contributed by atoms with Gasteiger partial charge in [0.25, 0.3) is 0 Å². The van der Waals surface area contributed by atoms with Gasteiger partial charge in [-0.05, 0) is 6.92 Å². The molecule has 0 amide bonds. The molecule has 1 atom stereocenters. The lowest BCUT2D eigenvalue weighted by atomic mass is 9.95. The molecule has 1 heterocycles. The average molecular weight is 267 g/mol. The minimum atomic E-state index is -0.927. The fourth-order valence-corrected chi connectivity index (χ4v) is 1.41. The molecule has 0 radical (unpaired) electrons. The van der Waals surface area contributed by atoms with E-state index in [1.54, 1.807) is 20.1 Å². The predicted octanol–water partition coefficient (Wildman–Crippen LogP) is 1.81. The molecular formula is C13H21N3O3. The molecule has 0 aliphatic rings. The molecule has 19 heavy (non-hydrogen) atoms. The van der Waals surface area contributed by atoms with E-state index in [9.17, 15) is 4.79 Å². The standard InChI is InChI=1S/C13H21N3O3/c1-8(11(17)18)14-10-6-9(7-19-5)15-12(16-10)13(2,3)4/h6,8H,7H2,1-5H3,(H,17,18)(H,14,15,16)/t8-/m0/s1. The molecule has 0 aliphatic heterocycles. The molecule has 1 aromatic heterocycles. The summed E-state index contributed by atoms with van der Waals surface area (Å²) in [6.45, 7) is 7.94. The van der Waals surface area contributed by atoms with Crippen molar-refractivity contribution >= 4 is 11.8 Å². The highest BCUT2D eigenvalue weighted by atomic mass is 16.5. The molecular weight excluding hydrogens is 246 g/mol. The number of ether oxygens (including phenoxy) is 1. The van der Waals surface area contributed by atoms with E-state index < -0.39 is 12.0 Å². The quantitative estimate of drug-likeness (QED) is 0.846. The van der Waals surface area contributed by atoms with E-state index >= 15 is 0 Å². The van der Waals surface area contributed by atoms with E-state index in [-0.39, 0.29) is 5.41 Å². The highest BCUT2D eigenvalue weighted by molar-refractivity contribution is 5.76. The van der Waals surface area contributed by atoms with Crippen molar-refractivity contribution in [3.8, 4) is 0 Å². The van der Waals surface area contributed by atoms with Crippen LogP contribution in [0, 0.1) is 0 Å². The normalized spacial score (nSPS) is 13.1. The van der Waals surface area contributed by atoms with Crippen molar-refractivity contribution in [1.29, 1.82) is 0 Å². The van der Waals surface area contributed by atoms with Crippen molar-refractivity contribution in [3.05, 3.63) is 17.6 Å². The molecule has 2 N–H and O–H groups in total. The largest absolute Gasteiger partial charge is 0.480 e. The first-order valence-electron chi connectivity index (χ1n) is 6.10. The topological polar surface area (TPSA) is 84.3 Å². The fourth-order valence-electron chi connectivity index (χ4n) is 1.41. The van der Waals surface area contributed by atoms with Gasteiger partial charge in [0.1, 0.15) is 17.7 Å². The number of rotatable bonds is 5. The Kier molecular flexibility index (Phi) is 4.83. The maximum atomic E-state index is 10.9. The number of carboxylic acid groups (broad SMARTS) is 1. The Bertz CT molecular complexity index is 455. The Hall–Kier alpha value is -1.69. The summed E-state index contributed by atoms with van der Waals surface area (Å²) in [6.07, 6.45) is 0. The van der Waals surface area contributed by atoms with Gasteiger partial charge >= 0.3 is 5.97 Å². The Balaban J connectivity index is 3.09. The van der Waals surface area contributed by atoms with Crippen LogP contribution in [-0.4, -0.2) is 34.2 Å². The molecule has 0 fully saturated rings. The second-order valence-corrected chi connectivity index (χ2v) is 5.46. The summed E-state index contributed by atoms with van der Waals surface area (Å²) in [5.41, 5.74) is 0.509. The van der Waals surface area contributed by atoms with Crippen LogP contribution in [0.25, 0.3) is 0 Å². The minimum Gasteiger partial charge on any atom is -0.480 e. The zero-order valence-corrected chi connectivity index (χ0v) is 12.0. The second-order valence-electron chi connectivity index (χ2n) is 5.46. The van der Waals surface area contributed by atoms with Gasteiger partial charge in [-0.3, -0.25) is 4.79 Å². The number of methoxy groups -OCH3 is 1. The Morgan fingerprint density at radius 1 is 1.47 bits per heavy atom. The van der Waals surface area contributed by atoms with Crippen molar-refractivity contribution in [2.45, 2.75) is 45.8 Å². The molecule has 0 aromatic carbocycles. The molecule has 0 aliphatic carbocycles. The monoisotopic (exact) mass is 267 g/mol. The summed E-state index contributed by atoms with van der Waals surface area (Å²) >= 11 is 0. The van der Waals surface area contributed by atoms with Gasteiger partial charge in [-0.25, -0.2) is 9.97 Å². The van der Waals surface area contributed by atoms with Crippen LogP contribution in [0.1, 0.15) is 39.2 Å². The van der Waals surface area contributed by atoms with Gasteiger partial charge in [0, 0.05) is 18.6 Å². The zero-order chi connectivity index (χ0) is 14.6. The first-order valence-corrected chi connectivity index (χ1v) is 6.10. The molecule has 106 valence electrons. The van der Waals surface area contributed by atoms with Gasteiger partial charge < -0.3 is 15.2 Å². The molecule has 0 saturated carbocycles. The molecule has 6 heteroatoms. The summed E-state index contributed by atoms with van der Waals surface area (Å²) in [4.78, 5) is 19.7. The molecule has 0 saturated heterocycles. The van der Waals surface area contributed by atoms with Crippen molar-refractivity contribution in [1.82, 2.24) is 9.97 Å². The van der Waals surface area contributed by atoms with Crippen molar-refractivity contribution < 1.29 is 14.6 Å². The van der Waals surface area contributed by atoms with Gasteiger partial charge in [-0.2, -0.15) is 0 Å². The predicted molar refractivity (Wildman–Crippen MR) is 72.2 cm³/mol. The van der Waals surface area contributed by atoms with Gasteiger partial charge in [-0.1, -0.05) is 20.8 Å². The SMILES string of the molecule is COCc1cc(N[C@@H](C)C(=O)O)nc(C(C)(C)C)n1. The van der Waals surface area contributed by atoms with Crippen LogP contribution in [0.15, 0.2) is 6.07 Å². The maximum absolute atomic E-state index is 10.9. The van der Waals surface area contributed by atoms with E-state index in [1.165, 1.54) is 0 Å². The van der Waals surface area contributed by atoms with Crippen molar-refractivity contribution in [2.24, 2.45) is 0 Å². The molecule has 1 aromatic rings. The zero-order valence-electron chi connectivity index (χ0n) is 12.0. The van der Waals surface area contributed by atoms with E-state index in [0.29, 0.717) is 18.2 Å². The number of hydrogen-bond acceptors (Lipinski definition) is 5. The average Bonchev–Trinajstić information content (AvgIpc) is 2.27. The molecule has 6 nitrogen and oxygen atoms in total. The number of hydrogen-bond donors (Lipinski definition) is 2. The third-order valence-corrected chi connectivity index (χ3v) is 2.48. The number of carboxylic acids is 1. The fraction of sp³-hybridized carbons (Fsp3) is 0.615.